The quantitative estimate of drug-likeness (QED) is 0.614. The van der Waals surface area contributed by atoms with E-state index < -0.39 is 5.24 Å². The Morgan fingerprint density at radius 2 is 2.15 bits per heavy atom. The number of benzene rings is 1. The van der Waals surface area contributed by atoms with Gasteiger partial charge in [0.1, 0.15) is 5.75 Å². The molecule has 0 aliphatic heterocycles. The van der Waals surface area contributed by atoms with Crippen LogP contribution in [-0.4, -0.2) is 12.4 Å². The van der Waals surface area contributed by atoms with Crippen molar-refractivity contribution in [3.05, 3.63) is 26.3 Å². The molecule has 0 fully saturated rings. The molecule has 1 aromatic carbocycles. The van der Waals surface area contributed by atoms with Gasteiger partial charge in [-0.25, -0.2) is 0 Å². The van der Waals surface area contributed by atoms with Crippen LogP contribution >= 0.6 is 45.8 Å². The number of hydrogen-bond donors (Lipinski definition) is 0. The molecule has 1 rings (SSSR count). The Hall–Kier alpha value is -0.000000000000000167. The molecule has 5 heteroatoms. The molecule has 0 N–H and O–H groups in total. The molecule has 0 aliphatic rings. The van der Waals surface area contributed by atoms with Crippen molar-refractivity contribution in [3.8, 4) is 5.75 Å². The zero-order chi connectivity index (χ0) is 10.0. The van der Waals surface area contributed by atoms with Crippen molar-refractivity contribution >= 4 is 51.0 Å². The van der Waals surface area contributed by atoms with Crippen molar-refractivity contribution in [1.29, 1.82) is 0 Å². The lowest BCUT2D eigenvalue weighted by Gasteiger charge is -2.05. The lowest BCUT2D eigenvalue weighted by Crippen LogP contribution is -1.95. The fraction of sp³-hybridized carbons (Fsp3) is 0.125. The summed E-state index contributed by atoms with van der Waals surface area (Å²) >= 11 is 13.1. The highest BCUT2D eigenvalue weighted by Crippen LogP contribution is 2.29. The monoisotopic (exact) mass is 330 g/mol. The predicted molar refractivity (Wildman–Crippen MR) is 60.9 cm³/mol. The van der Waals surface area contributed by atoms with E-state index in [4.69, 9.17) is 27.9 Å². The van der Waals surface area contributed by atoms with Gasteiger partial charge in [0, 0.05) is 9.13 Å². The number of ether oxygens (including phenoxy) is 1. The van der Waals surface area contributed by atoms with E-state index in [1.807, 2.05) is 22.6 Å². The van der Waals surface area contributed by atoms with Crippen molar-refractivity contribution in [1.82, 2.24) is 0 Å². The third-order valence-corrected chi connectivity index (χ3v) is 2.84. The molecule has 1 aromatic rings. The zero-order valence-electron chi connectivity index (χ0n) is 6.61. The van der Waals surface area contributed by atoms with E-state index in [2.05, 4.69) is 0 Å². The smallest absolute Gasteiger partial charge is 0.253 e. The second-order valence-corrected chi connectivity index (χ2v) is 4.15. The molecule has 0 radical (unpaired) electrons. The van der Waals surface area contributed by atoms with Gasteiger partial charge in [-0.2, -0.15) is 0 Å². The number of halogens is 3. The maximum Gasteiger partial charge on any atom is 0.253 e. The molecular weight excluding hydrogens is 326 g/mol. The summed E-state index contributed by atoms with van der Waals surface area (Å²) in [4.78, 5) is 10.9. The zero-order valence-corrected chi connectivity index (χ0v) is 10.3. The average Bonchev–Trinajstić information content (AvgIpc) is 2.07. The van der Waals surface area contributed by atoms with Crippen molar-refractivity contribution < 1.29 is 9.53 Å². The summed E-state index contributed by atoms with van der Waals surface area (Å²) < 4.78 is 5.69. The molecule has 0 amide bonds. The predicted octanol–water partition coefficient (Wildman–Crippen LogP) is 3.33. The molecule has 0 spiro atoms. The third-order valence-electron chi connectivity index (χ3n) is 1.45. The Bertz CT molecular complexity index is 352. The number of methoxy groups -OCH3 is 1. The third kappa shape index (κ3) is 2.48. The SMILES string of the molecule is COc1cc(I)c(C(=O)Cl)cc1Cl. The molecule has 13 heavy (non-hydrogen) atoms. The van der Waals surface area contributed by atoms with E-state index in [1.165, 1.54) is 13.2 Å². The molecule has 0 aromatic heterocycles. The average molecular weight is 331 g/mol. The molecule has 0 saturated carbocycles. The van der Waals surface area contributed by atoms with Gasteiger partial charge in [0.25, 0.3) is 5.24 Å². The van der Waals surface area contributed by atoms with Crippen LogP contribution in [0.15, 0.2) is 12.1 Å². The summed E-state index contributed by atoms with van der Waals surface area (Å²) in [5.74, 6) is 0.535. The molecule has 70 valence electrons. The van der Waals surface area contributed by atoms with E-state index in [1.54, 1.807) is 6.07 Å². The normalized spacial score (nSPS) is 9.85. The van der Waals surface area contributed by atoms with Crippen LogP contribution in [0.4, 0.5) is 0 Å². The van der Waals surface area contributed by atoms with Crippen LogP contribution in [-0.2, 0) is 0 Å². The molecule has 0 saturated heterocycles. The summed E-state index contributed by atoms with van der Waals surface area (Å²) in [6.07, 6.45) is 0. The molecule has 0 bridgehead atoms. The minimum atomic E-state index is -0.519. The van der Waals surface area contributed by atoms with E-state index in [9.17, 15) is 4.79 Å². The highest BCUT2D eigenvalue weighted by atomic mass is 127. The van der Waals surface area contributed by atoms with Crippen LogP contribution in [0, 0.1) is 3.57 Å². The molecule has 0 unspecified atom stereocenters. The van der Waals surface area contributed by atoms with Gasteiger partial charge in [0.15, 0.2) is 0 Å². The van der Waals surface area contributed by atoms with E-state index in [0.29, 0.717) is 16.3 Å². The number of carbonyl (C=O) groups is 1. The van der Waals surface area contributed by atoms with Crippen LogP contribution in [0.2, 0.25) is 5.02 Å². The second-order valence-electron chi connectivity index (χ2n) is 2.24. The van der Waals surface area contributed by atoms with Crippen LogP contribution < -0.4 is 4.74 Å². The van der Waals surface area contributed by atoms with Gasteiger partial charge in [-0.05, 0) is 46.3 Å². The van der Waals surface area contributed by atoms with Crippen molar-refractivity contribution in [2.24, 2.45) is 0 Å². The minimum Gasteiger partial charge on any atom is -0.495 e. The van der Waals surface area contributed by atoms with Gasteiger partial charge in [-0.15, -0.1) is 0 Å². The first-order valence-electron chi connectivity index (χ1n) is 3.29. The fourth-order valence-corrected chi connectivity index (χ4v) is 2.08. The first-order chi connectivity index (χ1) is 6.06. The van der Waals surface area contributed by atoms with E-state index >= 15 is 0 Å². The Morgan fingerprint density at radius 3 is 2.62 bits per heavy atom. The van der Waals surface area contributed by atoms with Crippen molar-refractivity contribution in [3.63, 3.8) is 0 Å². The lowest BCUT2D eigenvalue weighted by atomic mass is 10.2. The molecule has 2 nitrogen and oxygen atoms in total. The van der Waals surface area contributed by atoms with Gasteiger partial charge in [-0.3, -0.25) is 4.79 Å². The number of rotatable bonds is 2. The summed E-state index contributed by atoms with van der Waals surface area (Å²) in [7, 11) is 1.51. The maximum absolute atomic E-state index is 10.9. The lowest BCUT2D eigenvalue weighted by molar-refractivity contribution is 0.108. The van der Waals surface area contributed by atoms with Gasteiger partial charge in [-0.1, -0.05) is 11.6 Å². The van der Waals surface area contributed by atoms with E-state index in [-0.39, 0.29) is 0 Å². The van der Waals surface area contributed by atoms with Crippen LogP contribution in [0.3, 0.4) is 0 Å². The Morgan fingerprint density at radius 1 is 1.54 bits per heavy atom. The summed E-state index contributed by atoms with van der Waals surface area (Å²) in [5, 5.41) is -0.138. The number of carbonyl (C=O) groups excluding carboxylic acids is 1. The summed E-state index contributed by atoms with van der Waals surface area (Å²) in [6, 6.07) is 3.16. The first kappa shape index (κ1) is 11.1. The van der Waals surface area contributed by atoms with Crippen LogP contribution in [0.25, 0.3) is 0 Å². The van der Waals surface area contributed by atoms with Crippen LogP contribution in [0.5, 0.6) is 5.75 Å². The highest BCUT2D eigenvalue weighted by Gasteiger charge is 2.11. The molecule has 0 heterocycles. The van der Waals surface area contributed by atoms with Gasteiger partial charge in [0.2, 0.25) is 0 Å². The minimum absolute atomic E-state index is 0.381. The second kappa shape index (κ2) is 4.48. The Labute approximate surface area is 99.3 Å². The molecule has 0 atom stereocenters. The van der Waals surface area contributed by atoms with Crippen molar-refractivity contribution in [2.75, 3.05) is 7.11 Å². The fourth-order valence-electron chi connectivity index (χ4n) is 0.836. The topological polar surface area (TPSA) is 26.3 Å². The van der Waals surface area contributed by atoms with Gasteiger partial charge < -0.3 is 4.74 Å². The Balaban J connectivity index is 3.28. The van der Waals surface area contributed by atoms with Gasteiger partial charge >= 0.3 is 0 Å². The van der Waals surface area contributed by atoms with Crippen molar-refractivity contribution in [2.45, 2.75) is 0 Å². The summed E-state index contributed by atoms with van der Waals surface area (Å²) in [6.45, 7) is 0. The van der Waals surface area contributed by atoms with Gasteiger partial charge in [0.05, 0.1) is 12.1 Å². The molecule has 0 aliphatic carbocycles. The number of hydrogen-bond acceptors (Lipinski definition) is 2. The largest absolute Gasteiger partial charge is 0.495 e. The molecular formula is C8H5Cl2IO2. The maximum atomic E-state index is 10.9. The highest BCUT2D eigenvalue weighted by molar-refractivity contribution is 14.1. The standard InChI is InChI=1S/C8H5Cl2IO2/c1-13-7-3-6(11)4(8(10)12)2-5(7)9/h2-3H,1H3. The Kier molecular flexibility index (Phi) is 3.82. The van der Waals surface area contributed by atoms with Crippen LogP contribution in [0.1, 0.15) is 10.4 Å². The summed E-state index contributed by atoms with van der Waals surface area (Å²) in [5.41, 5.74) is 0.396. The first-order valence-corrected chi connectivity index (χ1v) is 5.12. The van der Waals surface area contributed by atoms with E-state index in [0.717, 1.165) is 3.57 Å².